The first-order valence-corrected chi connectivity index (χ1v) is 6.67. The van der Waals surface area contributed by atoms with Crippen LogP contribution in [0, 0.1) is 0 Å². The SMILES string of the molecule is COC(=O)c1ccnc2[nH]c(-c3ccc(Br)cc3)nc12. The lowest BCUT2D eigenvalue weighted by molar-refractivity contribution is 0.0602. The molecule has 0 bridgehead atoms. The van der Waals surface area contributed by atoms with Gasteiger partial charge in [0.15, 0.2) is 5.65 Å². The number of ether oxygens (including phenoxy) is 1. The van der Waals surface area contributed by atoms with Crippen LogP contribution >= 0.6 is 15.9 Å². The van der Waals surface area contributed by atoms with E-state index in [-0.39, 0.29) is 0 Å². The third-order valence-corrected chi connectivity index (χ3v) is 3.44. The molecule has 0 aliphatic carbocycles. The molecule has 0 spiro atoms. The number of esters is 1. The van der Waals surface area contributed by atoms with Gasteiger partial charge in [-0.2, -0.15) is 0 Å². The van der Waals surface area contributed by atoms with Crippen LogP contribution in [0.25, 0.3) is 22.6 Å². The van der Waals surface area contributed by atoms with Crippen LogP contribution in [0.15, 0.2) is 41.0 Å². The van der Waals surface area contributed by atoms with Gasteiger partial charge < -0.3 is 9.72 Å². The number of aromatic amines is 1. The van der Waals surface area contributed by atoms with E-state index in [2.05, 4.69) is 30.9 Å². The fourth-order valence-electron chi connectivity index (χ4n) is 1.93. The number of carbonyl (C=O) groups is 1. The Morgan fingerprint density at radius 2 is 2.00 bits per heavy atom. The van der Waals surface area contributed by atoms with E-state index in [9.17, 15) is 4.79 Å². The highest BCUT2D eigenvalue weighted by atomic mass is 79.9. The molecule has 3 aromatic rings. The number of H-pyrrole nitrogens is 1. The largest absolute Gasteiger partial charge is 0.465 e. The van der Waals surface area contributed by atoms with Crippen molar-refractivity contribution in [3.8, 4) is 11.4 Å². The summed E-state index contributed by atoms with van der Waals surface area (Å²) >= 11 is 3.39. The van der Waals surface area contributed by atoms with Crippen molar-refractivity contribution in [3.63, 3.8) is 0 Å². The minimum atomic E-state index is -0.425. The van der Waals surface area contributed by atoms with Crippen molar-refractivity contribution in [2.24, 2.45) is 0 Å². The molecule has 100 valence electrons. The topological polar surface area (TPSA) is 67.9 Å². The van der Waals surface area contributed by atoms with E-state index in [0.29, 0.717) is 22.6 Å². The Morgan fingerprint density at radius 1 is 1.25 bits per heavy atom. The Balaban J connectivity index is 2.15. The Bertz CT molecular complexity index is 781. The highest BCUT2D eigenvalue weighted by Crippen LogP contribution is 2.23. The summed E-state index contributed by atoms with van der Waals surface area (Å²) in [7, 11) is 1.34. The molecule has 0 saturated carbocycles. The smallest absolute Gasteiger partial charge is 0.340 e. The van der Waals surface area contributed by atoms with Crippen molar-refractivity contribution in [1.29, 1.82) is 0 Å². The molecule has 0 aliphatic heterocycles. The summed E-state index contributed by atoms with van der Waals surface area (Å²) in [5.41, 5.74) is 2.39. The van der Waals surface area contributed by atoms with E-state index in [4.69, 9.17) is 4.74 Å². The van der Waals surface area contributed by atoms with Crippen molar-refractivity contribution in [2.75, 3.05) is 7.11 Å². The van der Waals surface area contributed by atoms with E-state index >= 15 is 0 Å². The maximum Gasteiger partial charge on any atom is 0.340 e. The normalized spacial score (nSPS) is 10.7. The fraction of sp³-hybridized carbons (Fsp3) is 0.0714. The lowest BCUT2D eigenvalue weighted by atomic mass is 10.2. The molecule has 5 nitrogen and oxygen atoms in total. The van der Waals surface area contributed by atoms with E-state index in [1.54, 1.807) is 12.3 Å². The summed E-state index contributed by atoms with van der Waals surface area (Å²) in [6.45, 7) is 0. The predicted molar refractivity (Wildman–Crippen MR) is 78.4 cm³/mol. The number of rotatable bonds is 2. The summed E-state index contributed by atoms with van der Waals surface area (Å²) < 4.78 is 5.74. The monoisotopic (exact) mass is 331 g/mol. The number of aromatic nitrogens is 3. The molecule has 1 aromatic carbocycles. The van der Waals surface area contributed by atoms with Crippen molar-refractivity contribution in [1.82, 2.24) is 15.0 Å². The summed E-state index contributed by atoms with van der Waals surface area (Å²) in [6.07, 6.45) is 1.55. The van der Waals surface area contributed by atoms with E-state index < -0.39 is 5.97 Å². The first-order chi connectivity index (χ1) is 9.69. The van der Waals surface area contributed by atoms with Crippen LogP contribution in [0.2, 0.25) is 0 Å². The minimum Gasteiger partial charge on any atom is -0.465 e. The first kappa shape index (κ1) is 12.8. The molecular formula is C14H10BrN3O2. The van der Waals surface area contributed by atoms with Crippen LogP contribution in [-0.4, -0.2) is 28.0 Å². The molecule has 0 saturated heterocycles. The number of benzene rings is 1. The molecule has 0 fully saturated rings. The average molecular weight is 332 g/mol. The number of methoxy groups -OCH3 is 1. The summed E-state index contributed by atoms with van der Waals surface area (Å²) in [6, 6.07) is 9.31. The van der Waals surface area contributed by atoms with Crippen LogP contribution in [0.4, 0.5) is 0 Å². The van der Waals surface area contributed by atoms with Crippen LogP contribution < -0.4 is 0 Å². The number of carbonyl (C=O) groups excluding carboxylic acids is 1. The van der Waals surface area contributed by atoms with E-state index in [0.717, 1.165) is 10.0 Å². The molecule has 2 aromatic heterocycles. The summed E-state index contributed by atoms with van der Waals surface area (Å²) in [4.78, 5) is 23.4. The van der Waals surface area contributed by atoms with Gasteiger partial charge in [-0.25, -0.2) is 14.8 Å². The van der Waals surface area contributed by atoms with E-state index in [1.807, 2.05) is 24.3 Å². The van der Waals surface area contributed by atoms with Crippen molar-refractivity contribution < 1.29 is 9.53 Å². The van der Waals surface area contributed by atoms with Crippen molar-refractivity contribution in [3.05, 3.63) is 46.6 Å². The molecule has 6 heteroatoms. The standard InChI is InChI=1S/C14H10BrN3O2/c1-20-14(19)10-6-7-16-13-11(10)17-12(18-13)8-2-4-9(15)5-3-8/h2-7H,1H3,(H,16,17,18). The van der Waals surface area contributed by atoms with Crippen molar-refractivity contribution >= 4 is 33.1 Å². The Labute approximate surface area is 123 Å². The highest BCUT2D eigenvalue weighted by molar-refractivity contribution is 9.10. The number of hydrogen-bond acceptors (Lipinski definition) is 4. The van der Waals surface area contributed by atoms with E-state index in [1.165, 1.54) is 7.11 Å². The van der Waals surface area contributed by atoms with Gasteiger partial charge >= 0.3 is 5.97 Å². The molecule has 0 atom stereocenters. The fourth-order valence-corrected chi connectivity index (χ4v) is 2.19. The quantitative estimate of drug-likeness (QED) is 0.732. The number of fused-ring (bicyclic) bond motifs is 1. The molecule has 2 heterocycles. The Kier molecular flexibility index (Phi) is 3.23. The molecule has 1 N–H and O–H groups in total. The predicted octanol–water partition coefficient (Wildman–Crippen LogP) is 3.17. The van der Waals surface area contributed by atoms with Gasteiger partial charge in [0.2, 0.25) is 0 Å². The first-order valence-electron chi connectivity index (χ1n) is 5.88. The molecule has 0 unspecified atom stereocenters. The van der Waals surface area contributed by atoms with Gasteiger partial charge in [-0.15, -0.1) is 0 Å². The van der Waals surface area contributed by atoms with Gasteiger partial charge in [0.25, 0.3) is 0 Å². The number of pyridine rings is 1. The molecular weight excluding hydrogens is 322 g/mol. The van der Waals surface area contributed by atoms with Crippen molar-refractivity contribution in [2.45, 2.75) is 0 Å². The zero-order chi connectivity index (χ0) is 14.1. The Morgan fingerprint density at radius 3 is 2.70 bits per heavy atom. The van der Waals surface area contributed by atoms with Crippen LogP contribution in [0.5, 0.6) is 0 Å². The molecule has 0 aliphatic rings. The van der Waals surface area contributed by atoms with Gasteiger partial charge in [0.1, 0.15) is 11.3 Å². The molecule has 0 amide bonds. The second-order valence-electron chi connectivity index (χ2n) is 4.14. The van der Waals surface area contributed by atoms with Gasteiger partial charge in [0.05, 0.1) is 12.7 Å². The third kappa shape index (κ3) is 2.18. The van der Waals surface area contributed by atoms with Crippen LogP contribution in [-0.2, 0) is 4.74 Å². The lowest BCUT2D eigenvalue weighted by Gasteiger charge is -1.98. The number of nitrogens with zero attached hydrogens (tertiary/aromatic N) is 2. The maximum atomic E-state index is 11.7. The number of hydrogen-bond donors (Lipinski definition) is 1. The highest BCUT2D eigenvalue weighted by Gasteiger charge is 2.15. The van der Waals surface area contributed by atoms with Gasteiger partial charge in [-0.05, 0) is 18.2 Å². The summed E-state index contributed by atoms with van der Waals surface area (Å²) in [5.74, 6) is 0.239. The maximum absolute atomic E-state index is 11.7. The average Bonchev–Trinajstić information content (AvgIpc) is 2.91. The number of nitrogens with one attached hydrogen (secondary N) is 1. The van der Waals surface area contributed by atoms with Crippen LogP contribution in [0.1, 0.15) is 10.4 Å². The second kappa shape index (κ2) is 5.05. The summed E-state index contributed by atoms with van der Waals surface area (Å²) in [5, 5.41) is 0. The second-order valence-corrected chi connectivity index (χ2v) is 5.06. The molecule has 0 radical (unpaired) electrons. The van der Waals surface area contributed by atoms with Crippen LogP contribution in [0.3, 0.4) is 0 Å². The minimum absolute atomic E-state index is 0.400. The number of halogens is 1. The lowest BCUT2D eigenvalue weighted by Crippen LogP contribution is -2.02. The zero-order valence-corrected chi connectivity index (χ0v) is 12.1. The third-order valence-electron chi connectivity index (χ3n) is 2.91. The van der Waals surface area contributed by atoms with Gasteiger partial charge in [-0.3, -0.25) is 0 Å². The molecule has 20 heavy (non-hydrogen) atoms. The zero-order valence-electron chi connectivity index (χ0n) is 10.6. The molecule has 3 rings (SSSR count). The van der Waals surface area contributed by atoms with Gasteiger partial charge in [0, 0.05) is 16.2 Å². The van der Waals surface area contributed by atoms with Gasteiger partial charge in [-0.1, -0.05) is 28.1 Å². The Hall–Kier alpha value is -2.21. The number of imidazole rings is 1.